The van der Waals surface area contributed by atoms with Gasteiger partial charge in [-0.15, -0.1) is 0 Å². The third-order valence-corrected chi connectivity index (χ3v) is 3.17. The lowest BCUT2D eigenvalue weighted by Gasteiger charge is -2.07. The van der Waals surface area contributed by atoms with E-state index in [1.165, 1.54) is 6.08 Å². The summed E-state index contributed by atoms with van der Waals surface area (Å²) in [5, 5.41) is 9.84. The molecule has 0 atom stereocenters. The summed E-state index contributed by atoms with van der Waals surface area (Å²) in [5.74, 6) is -0.266. The van der Waals surface area contributed by atoms with Gasteiger partial charge in [-0.1, -0.05) is 32.0 Å². The molecule has 0 saturated heterocycles. The van der Waals surface area contributed by atoms with E-state index in [4.69, 9.17) is 5.11 Å². The van der Waals surface area contributed by atoms with Crippen molar-refractivity contribution < 1.29 is 9.90 Å². The molecule has 1 N–H and O–H groups in total. The maximum Gasteiger partial charge on any atom is 0.328 e. The van der Waals surface area contributed by atoms with Crippen LogP contribution in [-0.2, 0) is 11.3 Å². The number of aliphatic carboxylic acids is 1. The van der Waals surface area contributed by atoms with Crippen LogP contribution in [-0.4, -0.2) is 15.6 Å². The van der Waals surface area contributed by atoms with Crippen molar-refractivity contribution >= 4 is 22.9 Å². The predicted molar refractivity (Wildman–Crippen MR) is 78.1 cm³/mol. The van der Waals surface area contributed by atoms with Crippen molar-refractivity contribution in [1.82, 2.24) is 4.57 Å². The zero-order valence-electron chi connectivity index (χ0n) is 11.3. The number of para-hydroxylation sites is 1. The minimum atomic E-state index is -0.918. The van der Waals surface area contributed by atoms with Crippen LogP contribution in [0.5, 0.6) is 0 Å². The van der Waals surface area contributed by atoms with Crippen molar-refractivity contribution in [3.63, 3.8) is 0 Å². The number of carboxylic acid groups (broad SMARTS) is 1. The second kappa shape index (κ2) is 5.74. The summed E-state index contributed by atoms with van der Waals surface area (Å²) < 4.78 is 2.21. The molecule has 0 spiro atoms. The molecule has 3 nitrogen and oxygen atoms in total. The van der Waals surface area contributed by atoms with Crippen LogP contribution in [0.25, 0.3) is 17.0 Å². The molecule has 0 aliphatic heterocycles. The summed E-state index contributed by atoms with van der Waals surface area (Å²) in [7, 11) is 0. The van der Waals surface area contributed by atoms with E-state index in [2.05, 4.69) is 24.5 Å². The molecule has 1 aromatic carbocycles. The van der Waals surface area contributed by atoms with Gasteiger partial charge in [-0.3, -0.25) is 0 Å². The van der Waals surface area contributed by atoms with Crippen LogP contribution < -0.4 is 0 Å². The van der Waals surface area contributed by atoms with E-state index in [0.29, 0.717) is 5.92 Å². The Balaban J connectivity index is 2.39. The number of carbonyl (C=O) groups is 1. The van der Waals surface area contributed by atoms with Gasteiger partial charge in [-0.05, 0) is 24.5 Å². The number of nitrogens with zero attached hydrogens (tertiary/aromatic N) is 1. The first-order valence-electron chi connectivity index (χ1n) is 6.57. The van der Waals surface area contributed by atoms with Crippen molar-refractivity contribution in [2.45, 2.75) is 26.8 Å². The number of hydrogen-bond acceptors (Lipinski definition) is 1. The van der Waals surface area contributed by atoms with E-state index in [1.54, 1.807) is 6.08 Å². The van der Waals surface area contributed by atoms with Crippen molar-refractivity contribution in [2.24, 2.45) is 5.92 Å². The Labute approximate surface area is 113 Å². The molecule has 3 heteroatoms. The highest BCUT2D eigenvalue weighted by Crippen LogP contribution is 2.23. The van der Waals surface area contributed by atoms with E-state index in [9.17, 15) is 4.79 Å². The van der Waals surface area contributed by atoms with Crippen molar-refractivity contribution in [1.29, 1.82) is 0 Å². The summed E-state index contributed by atoms with van der Waals surface area (Å²) >= 11 is 0. The summed E-state index contributed by atoms with van der Waals surface area (Å²) in [5.41, 5.74) is 2.12. The first kappa shape index (κ1) is 13.4. The lowest BCUT2D eigenvalue weighted by Crippen LogP contribution is -1.99. The monoisotopic (exact) mass is 257 g/mol. The molecule has 100 valence electrons. The van der Waals surface area contributed by atoms with Gasteiger partial charge >= 0.3 is 5.97 Å². The lowest BCUT2D eigenvalue weighted by atomic mass is 10.1. The Kier molecular flexibility index (Phi) is 4.05. The molecule has 1 aromatic heterocycles. The second-order valence-electron chi connectivity index (χ2n) is 5.15. The number of benzene rings is 1. The Morgan fingerprint density at radius 1 is 1.37 bits per heavy atom. The molecule has 0 unspecified atom stereocenters. The molecule has 1 heterocycles. The fourth-order valence-corrected chi connectivity index (χ4v) is 2.15. The quantitative estimate of drug-likeness (QED) is 0.828. The van der Waals surface area contributed by atoms with Gasteiger partial charge < -0.3 is 9.67 Å². The van der Waals surface area contributed by atoms with Crippen LogP contribution in [0.3, 0.4) is 0 Å². The molecule has 19 heavy (non-hydrogen) atoms. The van der Waals surface area contributed by atoms with Crippen LogP contribution in [0, 0.1) is 5.92 Å². The molecule has 0 saturated carbocycles. The largest absolute Gasteiger partial charge is 0.478 e. The van der Waals surface area contributed by atoms with Gasteiger partial charge in [0.2, 0.25) is 0 Å². The molecule has 0 amide bonds. The Morgan fingerprint density at radius 2 is 2.11 bits per heavy atom. The molecule has 2 rings (SSSR count). The van der Waals surface area contributed by atoms with Crippen LogP contribution >= 0.6 is 0 Å². The molecule has 0 aliphatic rings. The molecule has 0 fully saturated rings. The first-order chi connectivity index (χ1) is 9.08. The van der Waals surface area contributed by atoms with Gasteiger partial charge in [0, 0.05) is 35.3 Å². The summed E-state index contributed by atoms with van der Waals surface area (Å²) in [4.78, 5) is 10.6. The Morgan fingerprint density at radius 3 is 2.79 bits per heavy atom. The van der Waals surface area contributed by atoms with Crippen LogP contribution in [0.2, 0.25) is 0 Å². The minimum absolute atomic E-state index is 0.652. The first-order valence-corrected chi connectivity index (χ1v) is 6.57. The maximum absolute atomic E-state index is 10.6. The zero-order valence-corrected chi connectivity index (χ0v) is 11.3. The van der Waals surface area contributed by atoms with Crippen LogP contribution in [0.15, 0.2) is 36.5 Å². The third kappa shape index (κ3) is 3.25. The number of aryl methyl sites for hydroxylation is 1. The van der Waals surface area contributed by atoms with Crippen LogP contribution in [0.4, 0.5) is 0 Å². The second-order valence-corrected chi connectivity index (χ2v) is 5.15. The molecular weight excluding hydrogens is 238 g/mol. The standard InChI is InChI=1S/C16H19NO2/c1-12(2)9-10-17-11-13(7-8-16(18)19)14-5-3-4-6-15(14)17/h3-8,11-12H,9-10H2,1-2H3,(H,18,19)/b8-7+. The average Bonchev–Trinajstić information content (AvgIpc) is 2.72. The number of fused-ring (bicyclic) bond motifs is 1. The van der Waals surface area contributed by atoms with Crippen molar-refractivity contribution in [3.05, 3.63) is 42.1 Å². The van der Waals surface area contributed by atoms with Crippen molar-refractivity contribution in [3.8, 4) is 0 Å². The highest BCUT2D eigenvalue weighted by Gasteiger charge is 2.06. The van der Waals surface area contributed by atoms with E-state index in [1.807, 2.05) is 24.4 Å². The summed E-state index contributed by atoms with van der Waals surface area (Å²) in [6.45, 7) is 5.37. The molecule has 2 aromatic rings. The van der Waals surface area contributed by atoms with Gasteiger partial charge in [0.05, 0.1) is 0 Å². The highest BCUT2D eigenvalue weighted by atomic mass is 16.4. The fourth-order valence-electron chi connectivity index (χ4n) is 2.15. The SMILES string of the molecule is CC(C)CCn1cc(/C=C/C(=O)O)c2ccccc21. The van der Waals surface area contributed by atoms with Gasteiger partial charge in [0.25, 0.3) is 0 Å². The third-order valence-electron chi connectivity index (χ3n) is 3.17. The van der Waals surface area contributed by atoms with E-state index in [0.717, 1.165) is 29.4 Å². The number of rotatable bonds is 5. The van der Waals surface area contributed by atoms with E-state index < -0.39 is 5.97 Å². The topological polar surface area (TPSA) is 42.2 Å². The lowest BCUT2D eigenvalue weighted by molar-refractivity contribution is -0.131. The number of hydrogen-bond donors (Lipinski definition) is 1. The average molecular weight is 257 g/mol. The predicted octanol–water partition coefficient (Wildman–Crippen LogP) is 3.79. The van der Waals surface area contributed by atoms with Crippen molar-refractivity contribution in [2.75, 3.05) is 0 Å². The van der Waals surface area contributed by atoms with Gasteiger partial charge in [0.15, 0.2) is 0 Å². The molecular formula is C16H19NO2. The van der Waals surface area contributed by atoms with E-state index in [-0.39, 0.29) is 0 Å². The highest BCUT2D eigenvalue weighted by molar-refractivity contribution is 5.93. The zero-order chi connectivity index (χ0) is 13.8. The maximum atomic E-state index is 10.6. The van der Waals surface area contributed by atoms with Gasteiger partial charge in [-0.2, -0.15) is 0 Å². The molecule has 0 aliphatic carbocycles. The van der Waals surface area contributed by atoms with E-state index >= 15 is 0 Å². The van der Waals surface area contributed by atoms with Gasteiger partial charge in [0.1, 0.15) is 0 Å². The van der Waals surface area contributed by atoms with Gasteiger partial charge in [-0.25, -0.2) is 4.79 Å². The fraction of sp³-hybridized carbons (Fsp3) is 0.312. The molecule has 0 radical (unpaired) electrons. The van der Waals surface area contributed by atoms with Crippen LogP contribution in [0.1, 0.15) is 25.8 Å². The summed E-state index contributed by atoms with van der Waals surface area (Å²) in [6.07, 6.45) is 6.00. The number of aromatic nitrogens is 1. The molecule has 0 bridgehead atoms. The Bertz CT molecular complexity index is 608. The Hall–Kier alpha value is -2.03. The summed E-state index contributed by atoms with van der Waals surface area (Å²) in [6, 6.07) is 8.10. The number of carboxylic acids is 1. The smallest absolute Gasteiger partial charge is 0.328 e. The minimum Gasteiger partial charge on any atom is -0.478 e. The normalized spacial score (nSPS) is 11.7.